The predicted molar refractivity (Wildman–Crippen MR) is 102 cm³/mol. The molecule has 3 rings (SSSR count). The molecule has 1 aromatic carbocycles. The number of aromatic nitrogens is 1. The molecule has 28 heavy (non-hydrogen) atoms. The van der Waals surface area contributed by atoms with Crippen molar-refractivity contribution in [3.8, 4) is 0 Å². The van der Waals surface area contributed by atoms with E-state index in [0.717, 1.165) is 0 Å². The lowest BCUT2D eigenvalue weighted by molar-refractivity contribution is -0.141. The molecule has 1 aromatic heterocycles. The van der Waals surface area contributed by atoms with Gasteiger partial charge in [-0.25, -0.2) is 8.42 Å². The SMILES string of the molecule is Cc1cc(=O)n(C)cc1NS(=O)(=O)c1ccc(N2CC(C(=O)O)CC2=O)cc1. The first kappa shape index (κ1) is 19.6. The van der Waals surface area contributed by atoms with E-state index in [4.69, 9.17) is 5.11 Å². The average Bonchev–Trinajstić information content (AvgIpc) is 3.02. The van der Waals surface area contributed by atoms with Gasteiger partial charge < -0.3 is 14.6 Å². The Bertz CT molecular complexity index is 1110. The lowest BCUT2D eigenvalue weighted by Gasteiger charge is -2.17. The normalized spacial score (nSPS) is 17.0. The number of rotatable bonds is 5. The number of aliphatic carboxylic acids is 1. The Labute approximate surface area is 161 Å². The summed E-state index contributed by atoms with van der Waals surface area (Å²) in [5.74, 6) is -2.13. The molecule has 1 unspecified atom stereocenters. The van der Waals surface area contributed by atoms with Crippen LogP contribution in [0.5, 0.6) is 0 Å². The van der Waals surface area contributed by atoms with Crippen molar-refractivity contribution in [2.75, 3.05) is 16.2 Å². The lowest BCUT2D eigenvalue weighted by atomic mass is 10.1. The predicted octanol–water partition coefficient (Wildman–Crippen LogP) is 0.932. The number of carbonyl (C=O) groups is 2. The number of carbonyl (C=O) groups excluding carboxylic acids is 1. The van der Waals surface area contributed by atoms with Crippen LogP contribution in [-0.4, -0.2) is 36.5 Å². The van der Waals surface area contributed by atoms with Crippen LogP contribution in [0.25, 0.3) is 0 Å². The fraction of sp³-hybridized carbons (Fsp3) is 0.278. The monoisotopic (exact) mass is 405 g/mol. The molecule has 0 bridgehead atoms. The number of hydrogen-bond acceptors (Lipinski definition) is 5. The number of hydrogen-bond donors (Lipinski definition) is 2. The van der Waals surface area contributed by atoms with Crippen LogP contribution >= 0.6 is 0 Å². The summed E-state index contributed by atoms with van der Waals surface area (Å²) in [4.78, 5) is 36.0. The maximum Gasteiger partial charge on any atom is 0.308 e. The number of anilines is 2. The van der Waals surface area contributed by atoms with E-state index in [-0.39, 0.29) is 35.0 Å². The van der Waals surface area contributed by atoms with Crippen LogP contribution < -0.4 is 15.2 Å². The van der Waals surface area contributed by atoms with Crippen LogP contribution in [-0.2, 0) is 26.7 Å². The molecule has 2 aromatic rings. The molecule has 0 aliphatic carbocycles. The van der Waals surface area contributed by atoms with E-state index >= 15 is 0 Å². The number of nitrogens with one attached hydrogen (secondary N) is 1. The van der Waals surface area contributed by atoms with E-state index in [0.29, 0.717) is 11.3 Å². The van der Waals surface area contributed by atoms with Crippen LogP contribution in [0.2, 0.25) is 0 Å². The number of aryl methyl sites for hydroxylation is 2. The minimum Gasteiger partial charge on any atom is -0.481 e. The van der Waals surface area contributed by atoms with Gasteiger partial charge in [-0.1, -0.05) is 0 Å². The molecule has 0 radical (unpaired) electrons. The second-order valence-electron chi connectivity index (χ2n) is 6.66. The molecule has 1 saturated heterocycles. The first-order chi connectivity index (χ1) is 13.1. The van der Waals surface area contributed by atoms with Crippen LogP contribution in [0, 0.1) is 12.8 Å². The molecule has 1 amide bonds. The van der Waals surface area contributed by atoms with Crippen LogP contribution in [0.3, 0.4) is 0 Å². The highest BCUT2D eigenvalue weighted by Crippen LogP contribution is 2.27. The van der Waals surface area contributed by atoms with Crippen LogP contribution in [0.1, 0.15) is 12.0 Å². The molecule has 9 nitrogen and oxygen atoms in total. The highest BCUT2D eigenvalue weighted by Gasteiger charge is 2.35. The van der Waals surface area contributed by atoms with E-state index in [1.807, 2.05) is 0 Å². The summed E-state index contributed by atoms with van der Waals surface area (Å²) in [7, 11) is -2.39. The lowest BCUT2D eigenvalue weighted by Crippen LogP contribution is -2.25. The molecule has 1 atom stereocenters. The Morgan fingerprint density at radius 3 is 2.43 bits per heavy atom. The van der Waals surface area contributed by atoms with E-state index in [1.54, 1.807) is 6.92 Å². The molecular formula is C18H19N3O6S. The largest absolute Gasteiger partial charge is 0.481 e. The van der Waals surface area contributed by atoms with Gasteiger partial charge in [0.25, 0.3) is 15.6 Å². The second-order valence-corrected chi connectivity index (χ2v) is 8.34. The Morgan fingerprint density at radius 2 is 1.86 bits per heavy atom. The van der Waals surface area contributed by atoms with Gasteiger partial charge in [-0.05, 0) is 36.8 Å². The van der Waals surface area contributed by atoms with Crippen LogP contribution in [0.15, 0.2) is 46.2 Å². The molecule has 10 heteroatoms. The minimum absolute atomic E-state index is 0.0223. The topological polar surface area (TPSA) is 126 Å². The van der Waals surface area contributed by atoms with Gasteiger partial charge in [-0.2, -0.15) is 0 Å². The van der Waals surface area contributed by atoms with Crippen molar-refractivity contribution in [2.45, 2.75) is 18.2 Å². The summed E-state index contributed by atoms with van der Waals surface area (Å²) in [6.07, 6.45) is 1.32. The van der Waals surface area contributed by atoms with E-state index < -0.39 is 21.9 Å². The summed E-state index contributed by atoms with van der Waals surface area (Å²) in [5, 5.41) is 9.06. The van der Waals surface area contributed by atoms with Gasteiger partial charge in [0, 0.05) is 38.0 Å². The van der Waals surface area contributed by atoms with Crippen molar-refractivity contribution >= 4 is 33.3 Å². The van der Waals surface area contributed by atoms with Gasteiger partial charge in [-0.3, -0.25) is 19.1 Å². The maximum absolute atomic E-state index is 12.6. The maximum atomic E-state index is 12.6. The number of nitrogens with zero attached hydrogens (tertiary/aromatic N) is 2. The van der Waals surface area contributed by atoms with Crippen molar-refractivity contribution in [1.82, 2.24) is 4.57 Å². The standard InChI is InChI=1S/C18H19N3O6S/c1-11-7-16(22)20(2)10-15(11)19-28(26,27)14-5-3-13(4-6-14)21-9-12(18(24)25)8-17(21)23/h3-7,10,12,19H,8-9H2,1-2H3,(H,24,25). The van der Waals surface area contributed by atoms with Crippen molar-refractivity contribution in [3.05, 3.63) is 52.4 Å². The molecule has 0 saturated carbocycles. The van der Waals surface area contributed by atoms with Crippen molar-refractivity contribution in [3.63, 3.8) is 0 Å². The minimum atomic E-state index is -3.91. The first-order valence-corrected chi connectivity index (χ1v) is 9.90. The van der Waals surface area contributed by atoms with E-state index in [1.165, 1.54) is 53.0 Å². The number of carboxylic acid groups (broad SMARTS) is 1. The summed E-state index contributed by atoms with van der Waals surface area (Å²) in [6.45, 7) is 1.68. The van der Waals surface area contributed by atoms with Gasteiger partial charge >= 0.3 is 5.97 Å². The summed E-state index contributed by atoms with van der Waals surface area (Å²) in [6, 6.07) is 6.94. The molecule has 2 N–H and O–H groups in total. The molecular weight excluding hydrogens is 386 g/mol. The Hall–Kier alpha value is -3.14. The van der Waals surface area contributed by atoms with Gasteiger partial charge in [0.1, 0.15) is 0 Å². The second kappa shape index (κ2) is 7.12. The Kier molecular flexibility index (Phi) is 4.99. The fourth-order valence-electron chi connectivity index (χ4n) is 2.96. The van der Waals surface area contributed by atoms with Crippen molar-refractivity contribution in [1.29, 1.82) is 0 Å². The quantitative estimate of drug-likeness (QED) is 0.762. The Morgan fingerprint density at radius 1 is 1.21 bits per heavy atom. The summed E-state index contributed by atoms with van der Waals surface area (Å²) < 4.78 is 29.0. The third-order valence-electron chi connectivity index (χ3n) is 4.61. The summed E-state index contributed by atoms with van der Waals surface area (Å²) in [5.41, 5.74) is 0.960. The number of amides is 1. The number of sulfonamides is 1. The fourth-order valence-corrected chi connectivity index (χ4v) is 4.08. The van der Waals surface area contributed by atoms with Crippen molar-refractivity contribution in [2.24, 2.45) is 13.0 Å². The average molecular weight is 405 g/mol. The number of carboxylic acids is 1. The van der Waals surface area contributed by atoms with E-state index in [2.05, 4.69) is 4.72 Å². The van der Waals surface area contributed by atoms with Gasteiger partial charge in [0.2, 0.25) is 5.91 Å². The van der Waals surface area contributed by atoms with Gasteiger partial charge in [0.15, 0.2) is 0 Å². The zero-order valence-corrected chi connectivity index (χ0v) is 16.1. The highest BCUT2D eigenvalue weighted by molar-refractivity contribution is 7.92. The third kappa shape index (κ3) is 3.77. The molecule has 1 aliphatic rings. The highest BCUT2D eigenvalue weighted by atomic mass is 32.2. The van der Waals surface area contributed by atoms with Crippen LogP contribution in [0.4, 0.5) is 11.4 Å². The zero-order chi connectivity index (χ0) is 20.6. The number of pyridine rings is 1. The smallest absolute Gasteiger partial charge is 0.308 e. The molecule has 1 fully saturated rings. The molecule has 2 heterocycles. The first-order valence-electron chi connectivity index (χ1n) is 8.42. The zero-order valence-electron chi connectivity index (χ0n) is 15.2. The van der Waals surface area contributed by atoms with Gasteiger partial charge in [0.05, 0.1) is 16.5 Å². The Balaban J connectivity index is 1.83. The molecule has 1 aliphatic heterocycles. The summed E-state index contributed by atoms with van der Waals surface area (Å²) >= 11 is 0. The molecule has 148 valence electrons. The van der Waals surface area contributed by atoms with Crippen molar-refractivity contribution < 1.29 is 23.1 Å². The van der Waals surface area contributed by atoms with E-state index in [9.17, 15) is 22.8 Å². The van der Waals surface area contributed by atoms with Gasteiger partial charge in [-0.15, -0.1) is 0 Å². The number of benzene rings is 1. The third-order valence-corrected chi connectivity index (χ3v) is 5.99. The molecule has 0 spiro atoms.